The molecule has 1 rings (SSSR count). The van der Waals surface area contributed by atoms with Crippen molar-refractivity contribution in [1.82, 2.24) is 10.6 Å². The van der Waals surface area contributed by atoms with Gasteiger partial charge >= 0.3 is 6.09 Å². The SMILES string of the molecule is CCNC(=O)OC1CCCNC1. The second-order valence-corrected chi connectivity index (χ2v) is 2.90. The summed E-state index contributed by atoms with van der Waals surface area (Å²) in [4.78, 5) is 11.0. The van der Waals surface area contributed by atoms with E-state index < -0.39 is 0 Å². The van der Waals surface area contributed by atoms with Crippen LogP contribution in [0.15, 0.2) is 0 Å². The van der Waals surface area contributed by atoms with Crippen LogP contribution in [0.2, 0.25) is 0 Å². The number of amides is 1. The van der Waals surface area contributed by atoms with Crippen LogP contribution in [0, 0.1) is 0 Å². The molecule has 0 radical (unpaired) electrons. The van der Waals surface area contributed by atoms with Crippen molar-refractivity contribution in [1.29, 1.82) is 0 Å². The van der Waals surface area contributed by atoms with Crippen LogP contribution in [-0.4, -0.2) is 31.8 Å². The second kappa shape index (κ2) is 4.98. The highest BCUT2D eigenvalue weighted by Gasteiger charge is 2.16. The van der Waals surface area contributed by atoms with E-state index in [0.717, 1.165) is 25.9 Å². The van der Waals surface area contributed by atoms with E-state index in [1.807, 2.05) is 6.92 Å². The molecule has 0 saturated carbocycles. The van der Waals surface area contributed by atoms with Crippen LogP contribution in [-0.2, 0) is 4.74 Å². The van der Waals surface area contributed by atoms with Crippen molar-refractivity contribution in [3.05, 3.63) is 0 Å². The Balaban J connectivity index is 2.15. The van der Waals surface area contributed by atoms with E-state index in [1.165, 1.54) is 0 Å². The third-order valence-electron chi connectivity index (χ3n) is 1.85. The minimum atomic E-state index is -0.300. The van der Waals surface area contributed by atoms with Crippen molar-refractivity contribution in [3.8, 4) is 0 Å². The third kappa shape index (κ3) is 3.09. The fourth-order valence-electron chi connectivity index (χ4n) is 1.26. The van der Waals surface area contributed by atoms with Crippen molar-refractivity contribution in [2.45, 2.75) is 25.9 Å². The van der Waals surface area contributed by atoms with E-state index in [1.54, 1.807) is 0 Å². The lowest BCUT2D eigenvalue weighted by molar-refractivity contribution is 0.0829. The van der Waals surface area contributed by atoms with Gasteiger partial charge in [-0.2, -0.15) is 0 Å². The number of alkyl carbamates (subject to hydrolysis) is 1. The summed E-state index contributed by atoms with van der Waals surface area (Å²) in [6, 6.07) is 0. The largest absolute Gasteiger partial charge is 0.445 e. The number of piperidine rings is 1. The summed E-state index contributed by atoms with van der Waals surface area (Å²) in [5.74, 6) is 0. The number of hydrogen-bond donors (Lipinski definition) is 2. The molecule has 0 aromatic heterocycles. The van der Waals surface area contributed by atoms with Gasteiger partial charge in [-0.05, 0) is 26.3 Å². The van der Waals surface area contributed by atoms with Crippen LogP contribution in [0.25, 0.3) is 0 Å². The first-order valence-corrected chi connectivity index (χ1v) is 4.48. The zero-order chi connectivity index (χ0) is 8.81. The summed E-state index contributed by atoms with van der Waals surface area (Å²) in [5.41, 5.74) is 0. The van der Waals surface area contributed by atoms with Gasteiger partial charge < -0.3 is 15.4 Å². The predicted octanol–water partition coefficient (Wildman–Crippen LogP) is 0.484. The third-order valence-corrected chi connectivity index (χ3v) is 1.85. The number of carbonyl (C=O) groups excluding carboxylic acids is 1. The van der Waals surface area contributed by atoms with E-state index in [-0.39, 0.29) is 12.2 Å². The Morgan fingerprint density at radius 2 is 2.58 bits per heavy atom. The maximum Gasteiger partial charge on any atom is 0.407 e. The maximum atomic E-state index is 11.0. The summed E-state index contributed by atoms with van der Waals surface area (Å²) in [7, 11) is 0. The fourth-order valence-corrected chi connectivity index (χ4v) is 1.26. The first kappa shape index (κ1) is 9.32. The van der Waals surface area contributed by atoms with Gasteiger partial charge in [-0.25, -0.2) is 4.79 Å². The highest BCUT2D eigenvalue weighted by molar-refractivity contribution is 5.67. The molecule has 1 aliphatic heterocycles. The molecular formula is C8H16N2O2. The molecule has 4 nitrogen and oxygen atoms in total. The van der Waals surface area contributed by atoms with Gasteiger partial charge in [-0.1, -0.05) is 0 Å². The monoisotopic (exact) mass is 172 g/mol. The highest BCUT2D eigenvalue weighted by atomic mass is 16.6. The van der Waals surface area contributed by atoms with Crippen molar-refractivity contribution >= 4 is 6.09 Å². The summed E-state index contributed by atoms with van der Waals surface area (Å²) >= 11 is 0. The smallest absolute Gasteiger partial charge is 0.407 e. The molecule has 1 unspecified atom stereocenters. The number of rotatable bonds is 2. The number of carbonyl (C=O) groups is 1. The summed E-state index contributed by atoms with van der Waals surface area (Å²) in [5, 5.41) is 5.78. The molecule has 0 bridgehead atoms. The highest BCUT2D eigenvalue weighted by Crippen LogP contribution is 2.05. The molecule has 0 aliphatic carbocycles. The van der Waals surface area contributed by atoms with Crippen LogP contribution in [0.5, 0.6) is 0 Å². The van der Waals surface area contributed by atoms with Gasteiger partial charge in [0.2, 0.25) is 0 Å². The van der Waals surface area contributed by atoms with Crippen LogP contribution >= 0.6 is 0 Å². The molecule has 1 atom stereocenters. The molecule has 0 spiro atoms. The van der Waals surface area contributed by atoms with Gasteiger partial charge in [-0.3, -0.25) is 0 Å². The van der Waals surface area contributed by atoms with Gasteiger partial charge in [0.1, 0.15) is 6.10 Å². The molecule has 1 saturated heterocycles. The Bertz CT molecular complexity index is 144. The van der Waals surface area contributed by atoms with Gasteiger partial charge in [0.15, 0.2) is 0 Å². The summed E-state index contributed by atoms with van der Waals surface area (Å²) in [6.07, 6.45) is 1.82. The molecule has 1 heterocycles. The van der Waals surface area contributed by atoms with Gasteiger partial charge in [0, 0.05) is 13.1 Å². The lowest BCUT2D eigenvalue weighted by atomic mass is 10.1. The van der Waals surface area contributed by atoms with E-state index >= 15 is 0 Å². The lowest BCUT2D eigenvalue weighted by Gasteiger charge is -2.22. The van der Waals surface area contributed by atoms with E-state index in [9.17, 15) is 4.79 Å². The minimum Gasteiger partial charge on any atom is -0.445 e. The van der Waals surface area contributed by atoms with Crippen molar-refractivity contribution in [2.75, 3.05) is 19.6 Å². The van der Waals surface area contributed by atoms with Gasteiger partial charge in [0.05, 0.1) is 0 Å². The van der Waals surface area contributed by atoms with Crippen LogP contribution < -0.4 is 10.6 Å². The summed E-state index contributed by atoms with van der Waals surface area (Å²) < 4.78 is 5.12. The van der Waals surface area contributed by atoms with E-state index in [2.05, 4.69) is 10.6 Å². The number of hydrogen-bond acceptors (Lipinski definition) is 3. The van der Waals surface area contributed by atoms with Crippen molar-refractivity contribution in [3.63, 3.8) is 0 Å². The van der Waals surface area contributed by atoms with Crippen LogP contribution in [0.4, 0.5) is 4.79 Å². The lowest BCUT2D eigenvalue weighted by Crippen LogP contribution is -2.39. The first-order valence-electron chi connectivity index (χ1n) is 4.48. The standard InChI is InChI=1S/C8H16N2O2/c1-2-10-8(11)12-7-4-3-5-9-6-7/h7,9H,2-6H2,1H3,(H,10,11). The first-order chi connectivity index (χ1) is 5.83. The van der Waals surface area contributed by atoms with Crippen molar-refractivity contribution < 1.29 is 9.53 Å². The minimum absolute atomic E-state index is 0.0605. The molecule has 2 N–H and O–H groups in total. The molecule has 4 heteroatoms. The topological polar surface area (TPSA) is 50.4 Å². The Morgan fingerprint density at radius 3 is 3.17 bits per heavy atom. The molecule has 1 aliphatic rings. The fraction of sp³-hybridized carbons (Fsp3) is 0.875. The molecule has 12 heavy (non-hydrogen) atoms. The average molecular weight is 172 g/mol. The zero-order valence-electron chi connectivity index (χ0n) is 7.43. The maximum absolute atomic E-state index is 11.0. The molecule has 0 aromatic rings. The molecule has 70 valence electrons. The van der Waals surface area contributed by atoms with E-state index in [4.69, 9.17) is 4.74 Å². The van der Waals surface area contributed by atoms with Gasteiger partial charge in [-0.15, -0.1) is 0 Å². The number of nitrogens with one attached hydrogen (secondary N) is 2. The Kier molecular flexibility index (Phi) is 3.87. The molecule has 1 amide bonds. The summed E-state index contributed by atoms with van der Waals surface area (Å²) in [6.45, 7) is 4.33. The molecule has 1 fully saturated rings. The van der Waals surface area contributed by atoms with Crippen LogP contribution in [0.3, 0.4) is 0 Å². The Morgan fingerprint density at radius 1 is 1.75 bits per heavy atom. The van der Waals surface area contributed by atoms with E-state index in [0.29, 0.717) is 6.54 Å². The Labute approximate surface area is 72.7 Å². The molecule has 0 aromatic carbocycles. The van der Waals surface area contributed by atoms with Crippen molar-refractivity contribution in [2.24, 2.45) is 0 Å². The van der Waals surface area contributed by atoms with Crippen LogP contribution in [0.1, 0.15) is 19.8 Å². The zero-order valence-corrected chi connectivity index (χ0v) is 7.43. The average Bonchev–Trinajstić information content (AvgIpc) is 2.06. The Hall–Kier alpha value is -0.770. The molecular weight excluding hydrogens is 156 g/mol. The second-order valence-electron chi connectivity index (χ2n) is 2.90. The van der Waals surface area contributed by atoms with Gasteiger partial charge in [0.25, 0.3) is 0 Å². The predicted molar refractivity (Wildman–Crippen MR) is 46.0 cm³/mol. The quantitative estimate of drug-likeness (QED) is 0.637. The normalized spacial score (nSPS) is 23.2. The number of ether oxygens (including phenoxy) is 1.